The van der Waals surface area contributed by atoms with Crippen LogP contribution in [0.5, 0.6) is 0 Å². The van der Waals surface area contributed by atoms with Crippen molar-refractivity contribution in [1.82, 2.24) is 5.32 Å². The summed E-state index contributed by atoms with van der Waals surface area (Å²) < 4.78 is 0. The van der Waals surface area contributed by atoms with Crippen LogP contribution < -0.4 is 5.32 Å². The van der Waals surface area contributed by atoms with Crippen molar-refractivity contribution in [2.75, 3.05) is 6.54 Å². The van der Waals surface area contributed by atoms with Crippen LogP contribution in [-0.2, 0) is 0 Å². The monoisotopic (exact) mass is 231 g/mol. The molecule has 1 heterocycles. The van der Waals surface area contributed by atoms with Crippen molar-refractivity contribution in [3.63, 3.8) is 0 Å². The van der Waals surface area contributed by atoms with Gasteiger partial charge in [-0.2, -0.15) is 0 Å². The molecule has 1 aliphatic rings. The van der Waals surface area contributed by atoms with Crippen LogP contribution in [0.1, 0.15) is 60.9 Å². The van der Waals surface area contributed by atoms with Crippen LogP contribution in [0.15, 0.2) is 24.3 Å². The standard InChI is InChI=1S/C15H21NO/c1-2-3-4-5-8-12-11-16-15(17)14-10-7-6-9-13(12)14/h6-7,9-10,12H,2-5,8,11H2,1H3,(H,16,17). The Morgan fingerprint density at radius 2 is 2.06 bits per heavy atom. The first-order valence-electron chi connectivity index (χ1n) is 6.70. The molecule has 0 radical (unpaired) electrons. The lowest BCUT2D eigenvalue weighted by Crippen LogP contribution is -2.34. The lowest BCUT2D eigenvalue weighted by atomic mass is 9.86. The fourth-order valence-electron chi connectivity index (χ4n) is 2.56. The van der Waals surface area contributed by atoms with Crippen LogP contribution in [0.2, 0.25) is 0 Å². The van der Waals surface area contributed by atoms with Crippen molar-refractivity contribution in [1.29, 1.82) is 0 Å². The van der Waals surface area contributed by atoms with E-state index in [1.54, 1.807) is 0 Å². The Morgan fingerprint density at radius 3 is 2.88 bits per heavy atom. The van der Waals surface area contributed by atoms with E-state index in [0.29, 0.717) is 5.92 Å². The van der Waals surface area contributed by atoms with Gasteiger partial charge in [0, 0.05) is 18.0 Å². The van der Waals surface area contributed by atoms with Crippen molar-refractivity contribution >= 4 is 5.91 Å². The fraction of sp³-hybridized carbons (Fsp3) is 0.533. The van der Waals surface area contributed by atoms with Crippen LogP contribution in [-0.4, -0.2) is 12.5 Å². The Labute approximate surface area is 103 Å². The molecule has 17 heavy (non-hydrogen) atoms. The number of unbranched alkanes of at least 4 members (excludes halogenated alkanes) is 3. The summed E-state index contributed by atoms with van der Waals surface area (Å²) in [6.07, 6.45) is 6.36. The van der Waals surface area contributed by atoms with Gasteiger partial charge in [0.05, 0.1) is 0 Å². The zero-order valence-corrected chi connectivity index (χ0v) is 10.5. The first-order valence-corrected chi connectivity index (χ1v) is 6.70. The number of nitrogens with one attached hydrogen (secondary N) is 1. The molecule has 1 aliphatic heterocycles. The summed E-state index contributed by atoms with van der Waals surface area (Å²) in [5, 5.41) is 2.99. The van der Waals surface area contributed by atoms with E-state index in [1.807, 2.05) is 18.2 Å². The number of amides is 1. The van der Waals surface area contributed by atoms with E-state index < -0.39 is 0 Å². The molecular formula is C15H21NO. The fourth-order valence-corrected chi connectivity index (χ4v) is 2.56. The molecule has 92 valence electrons. The average molecular weight is 231 g/mol. The first-order chi connectivity index (χ1) is 8.33. The minimum atomic E-state index is 0.0883. The molecule has 1 aromatic rings. The molecule has 1 N–H and O–H groups in total. The van der Waals surface area contributed by atoms with Crippen molar-refractivity contribution in [3.05, 3.63) is 35.4 Å². The van der Waals surface area contributed by atoms with E-state index in [0.717, 1.165) is 12.1 Å². The van der Waals surface area contributed by atoms with Gasteiger partial charge in [-0.25, -0.2) is 0 Å². The quantitative estimate of drug-likeness (QED) is 0.772. The third-order valence-electron chi connectivity index (χ3n) is 3.56. The predicted molar refractivity (Wildman–Crippen MR) is 70.3 cm³/mol. The molecule has 0 spiro atoms. The molecule has 0 saturated carbocycles. The third kappa shape index (κ3) is 2.87. The van der Waals surface area contributed by atoms with Gasteiger partial charge in [0.25, 0.3) is 5.91 Å². The lowest BCUT2D eigenvalue weighted by Gasteiger charge is -2.25. The molecular weight excluding hydrogens is 210 g/mol. The summed E-state index contributed by atoms with van der Waals surface area (Å²) in [5.41, 5.74) is 2.12. The number of carbonyl (C=O) groups is 1. The van der Waals surface area contributed by atoms with Crippen LogP contribution >= 0.6 is 0 Å². The molecule has 0 aliphatic carbocycles. The molecule has 1 unspecified atom stereocenters. The molecule has 1 aromatic carbocycles. The smallest absolute Gasteiger partial charge is 0.251 e. The number of hydrogen-bond acceptors (Lipinski definition) is 1. The highest BCUT2D eigenvalue weighted by Crippen LogP contribution is 2.28. The average Bonchev–Trinajstić information content (AvgIpc) is 2.37. The molecule has 0 fully saturated rings. The minimum Gasteiger partial charge on any atom is -0.351 e. The van der Waals surface area contributed by atoms with Crippen molar-refractivity contribution in [3.8, 4) is 0 Å². The zero-order valence-electron chi connectivity index (χ0n) is 10.5. The maximum Gasteiger partial charge on any atom is 0.251 e. The second-order valence-corrected chi connectivity index (χ2v) is 4.84. The minimum absolute atomic E-state index is 0.0883. The van der Waals surface area contributed by atoms with Crippen LogP contribution in [0.3, 0.4) is 0 Å². The van der Waals surface area contributed by atoms with Crippen molar-refractivity contribution < 1.29 is 4.79 Å². The van der Waals surface area contributed by atoms with Crippen molar-refractivity contribution in [2.45, 2.75) is 44.9 Å². The van der Waals surface area contributed by atoms with E-state index in [-0.39, 0.29) is 5.91 Å². The number of hydrogen-bond donors (Lipinski definition) is 1. The maximum atomic E-state index is 11.7. The summed E-state index contributed by atoms with van der Waals surface area (Å²) >= 11 is 0. The Bertz CT molecular complexity index is 386. The van der Waals surface area contributed by atoms with Gasteiger partial charge >= 0.3 is 0 Å². The summed E-state index contributed by atoms with van der Waals surface area (Å²) in [4.78, 5) is 11.7. The van der Waals surface area contributed by atoms with Gasteiger partial charge in [-0.1, -0.05) is 50.8 Å². The first kappa shape index (κ1) is 12.2. The summed E-state index contributed by atoms with van der Waals surface area (Å²) in [6.45, 7) is 3.04. The number of rotatable bonds is 5. The Morgan fingerprint density at radius 1 is 1.24 bits per heavy atom. The molecule has 0 bridgehead atoms. The zero-order chi connectivity index (χ0) is 12.1. The predicted octanol–water partition coefficient (Wildman–Crippen LogP) is 3.48. The molecule has 0 aromatic heterocycles. The van der Waals surface area contributed by atoms with Gasteiger partial charge in [-0.05, 0) is 18.1 Å². The normalized spacial score (nSPS) is 18.6. The van der Waals surface area contributed by atoms with Crippen molar-refractivity contribution in [2.24, 2.45) is 0 Å². The Hall–Kier alpha value is -1.31. The molecule has 2 heteroatoms. The lowest BCUT2D eigenvalue weighted by molar-refractivity contribution is 0.0939. The van der Waals surface area contributed by atoms with Crippen LogP contribution in [0, 0.1) is 0 Å². The Balaban J connectivity index is 2.00. The molecule has 2 nitrogen and oxygen atoms in total. The largest absolute Gasteiger partial charge is 0.351 e. The third-order valence-corrected chi connectivity index (χ3v) is 3.56. The highest BCUT2D eigenvalue weighted by Gasteiger charge is 2.23. The molecule has 1 atom stereocenters. The molecule has 2 rings (SSSR count). The highest BCUT2D eigenvalue weighted by molar-refractivity contribution is 5.97. The summed E-state index contributed by atoms with van der Waals surface area (Å²) in [6, 6.07) is 8.02. The number of carbonyl (C=O) groups excluding carboxylic acids is 1. The highest BCUT2D eigenvalue weighted by atomic mass is 16.1. The Kier molecular flexibility index (Phi) is 4.18. The van der Waals surface area contributed by atoms with E-state index >= 15 is 0 Å². The maximum absolute atomic E-state index is 11.7. The van der Waals surface area contributed by atoms with E-state index in [4.69, 9.17) is 0 Å². The van der Waals surface area contributed by atoms with Gasteiger partial charge in [-0.15, -0.1) is 0 Å². The topological polar surface area (TPSA) is 29.1 Å². The van der Waals surface area contributed by atoms with Crippen LogP contribution in [0.25, 0.3) is 0 Å². The van der Waals surface area contributed by atoms with E-state index in [9.17, 15) is 4.79 Å². The number of fused-ring (bicyclic) bond motifs is 1. The SMILES string of the molecule is CCCCCCC1CNC(=O)c2ccccc21. The molecule has 1 amide bonds. The van der Waals surface area contributed by atoms with Gasteiger partial charge in [-0.3, -0.25) is 4.79 Å². The summed E-state index contributed by atoms with van der Waals surface area (Å²) in [5.74, 6) is 0.603. The van der Waals surface area contributed by atoms with Gasteiger partial charge in [0.15, 0.2) is 0 Å². The second-order valence-electron chi connectivity index (χ2n) is 4.84. The van der Waals surface area contributed by atoms with Crippen LogP contribution in [0.4, 0.5) is 0 Å². The van der Waals surface area contributed by atoms with Gasteiger partial charge in [0.1, 0.15) is 0 Å². The van der Waals surface area contributed by atoms with E-state index in [1.165, 1.54) is 37.7 Å². The summed E-state index contributed by atoms with van der Waals surface area (Å²) in [7, 11) is 0. The number of benzene rings is 1. The van der Waals surface area contributed by atoms with Gasteiger partial charge < -0.3 is 5.32 Å². The van der Waals surface area contributed by atoms with Gasteiger partial charge in [0.2, 0.25) is 0 Å². The second kappa shape index (κ2) is 5.85. The van der Waals surface area contributed by atoms with E-state index in [2.05, 4.69) is 18.3 Å². The molecule has 0 saturated heterocycles.